The van der Waals surface area contributed by atoms with Gasteiger partial charge in [-0.3, -0.25) is 4.90 Å². The number of nitrogens with zero attached hydrogens (tertiary/aromatic N) is 3. The lowest BCUT2D eigenvalue weighted by atomic mass is 10.2. The topological polar surface area (TPSA) is 84.8 Å². The summed E-state index contributed by atoms with van der Waals surface area (Å²) in [7, 11) is 0. The van der Waals surface area contributed by atoms with Crippen LogP contribution in [0.5, 0.6) is 5.88 Å². The monoisotopic (exact) mass is 345 g/mol. The van der Waals surface area contributed by atoms with Crippen LogP contribution in [0.1, 0.15) is 27.2 Å². The minimum atomic E-state index is -0.583. The average molecular weight is 345 g/mol. The summed E-state index contributed by atoms with van der Waals surface area (Å²) in [6.45, 7) is 5.64. The van der Waals surface area contributed by atoms with Crippen LogP contribution >= 0.6 is 0 Å². The number of benzene rings is 1. The Labute approximate surface area is 146 Å². The highest BCUT2D eigenvalue weighted by Gasteiger charge is 2.38. The van der Waals surface area contributed by atoms with Crippen molar-refractivity contribution >= 4 is 17.1 Å². The summed E-state index contributed by atoms with van der Waals surface area (Å²) in [4.78, 5) is 22.6. The predicted molar refractivity (Wildman–Crippen MR) is 92.4 cm³/mol. The molecule has 134 valence electrons. The smallest absolute Gasteiger partial charge is 0.410 e. The molecular formula is C18H23N3O4. The average Bonchev–Trinajstić information content (AvgIpc) is 2.96. The van der Waals surface area contributed by atoms with Crippen LogP contribution in [-0.2, 0) is 4.74 Å². The summed E-state index contributed by atoms with van der Waals surface area (Å²) in [5, 5.41) is 9.58. The molecule has 25 heavy (non-hydrogen) atoms. The van der Waals surface area contributed by atoms with E-state index in [1.807, 2.05) is 45.0 Å². The van der Waals surface area contributed by atoms with E-state index in [1.54, 1.807) is 6.20 Å². The van der Waals surface area contributed by atoms with Crippen molar-refractivity contribution in [3.8, 4) is 5.88 Å². The summed E-state index contributed by atoms with van der Waals surface area (Å²) in [5.74, 6) is 0.409. The molecule has 1 amide bonds. The molecule has 7 heteroatoms. The zero-order chi connectivity index (χ0) is 18.0. The molecule has 7 nitrogen and oxygen atoms in total. The van der Waals surface area contributed by atoms with Crippen molar-refractivity contribution in [3.05, 3.63) is 30.5 Å². The zero-order valence-corrected chi connectivity index (χ0v) is 14.7. The zero-order valence-electron chi connectivity index (χ0n) is 14.7. The van der Waals surface area contributed by atoms with E-state index in [-0.39, 0.29) is 18.8 Å². The van der Waals surface area contributed by atoms with Crippen LogP contribution < -0.4 is 4.74 Å². The number of hydrogen-bond acceptors (Lipinski definition) is 6. The second-order valence-electron chi connectivity index (χ2n) is 7.14. The molecule has 1 aromatic carbocycles. The number of amides is 1. The van der Waals surface area contributed by atoms with Gasteiger partial charge >= 0.3 is 6.09 Å². The van der Waals surface area contributed by atoms with Gasteiger partial charge in [-0.05, 0) is 32.9 Å². The maximum Gasteiger partial charge on any atom is 0.410 e. The molecule has 1 aliphatic rings. The second-order valence-corrected chi connectivity index (χ2v) is 7.14. The van der Waals surface area contributed by atoms with Crippen molar-refractivity contribution in [3.63, 3.8) is 0 Å². The Bertz CT molecular complexity index is 759. The van der Waals surface area contributed by atoms with Gasteiger partial charge in [-0.15, -0.1) is 0 Å². The van der Waals surface area contributed by atoms with E-state index < -0.39 is 11.7 Å². The molecule has 0 saturated carbocycles. The summed E-state index contributed by atoms with van der Waals surface area (Å²) in [6.07, 6.45) is 1.39. The lowest BCUT2D eigenvalue weighted by Gasteiger charge is -2.27. The molecule has 2 aromatic rings. The van der Waals surface area contributed by atoms with Crippen LogP contribution in [0.3, 0.4) is 0 Å². The van der Waals surface area contributed by atoms with Crippen LogP contribution in [0.25, 0.3) is 11.0 Å². The molecule has 0 radical (unpaired) electrons. The third kappa shape index (κ3) is 4.17. The Morgan fingerprint density at radius 3 is 2.72 bits per heavy atom. The van der Waals surface area contributed by atoms with Gasteiger partial charge in [-0.1, -0.05) is 12.1 Å². The van der Waals surface area contributed by atoms with Gasteiger partial charge in [-0.25, -0.2) is 14.8 Å². The van der Waals surface area contributed by atoms with Crippen LogP contribution in [0, 0.1) is 0 Å². The van der Waals surface area contributed by atoms with Crippen LogP contribution in [-0.4, -0.2) is 57.0 Å². The first-order chi connectivity index (χ1) is 11.9. The Morgan fingerprint density at radius 1 is 1.32 bits per heavy atom. The molecule has 0 aliphatic carbocycles. The Morgan fingerprint density at radius 2 is 2.04 bits per heavy atom. The SMILES string of the molecule is CC(C)(C)OC(=O)N1CC(Oc2cnc3ccccc3n2)CC1CO. The molecule has 1 fully saturated rings. The van der Waals surface area contributed by atoms with Crippen molar-refractivity contribution in [1.29, 1.82) is 0 Å². The molecule has 3 rings (SSSR count). The van der Waals surface area contributed by atoms with E-state index >= 15 is 0 Å². The predicted octanol–water partition coefficient (Wildman–Crippen LogP) is 2.38. The standard InChI is InChI=1S/C18H23N3O4/c1-18(2,3)25-17(23)21-10-13(8-12(21)11-22)24-16-9-19-14-6-4-5-7-15(14)20-16/h4-7,9,12-13,22H,8,10-11H2,1-3H3. The third-order valence-corrected chi connectivity index (χ3v) is 3.93. The second kappa shape index (κ2) is 6.84. The molecule has 1 saturated heterocycles. The van der Waals surface area contributed by atoms with E-state index in [9.17, 15) is 9.90 Å². The molecule has 2 atom stereocenters. The highest BCUT2D eigenvalue weighted by molar-refractivity contribution is 5.74. The largest absolute Gasteiger partial charge is 0.471 e. The van der Waals surface area contributed by atoms with Crippen LogP contribution in [0.2, 0.25) is 0 Å². The van der Waals surface area contributed by atoms with Crippen LogP contribution in [0.4, 0.5) is 4.79 Å². The van der Waals surface area contributed by atoms with E-state index in [2.05, 4.69) is 9.97 Å². The van der Waals surface area contributed by atoms with Crippen molar-refractivity contribution in [2.75, 3.05) is 13.2 Å². The Hall–Kier alpha value is -2.41. The minimum Gasteiger partial charge on any atom is -0.471 e. The number of fused-ring (bicyclic) bond motifs is 1. The molecule has 0 bridgehead atoms. The number of carbonyl (C=O) groups is 1. The quantitative estimate of drug-likeness (QED) is 0.919. The summed E-state index contributed by atoms with van der Waals surface area (Å²) < 4.78 is 11.3. The number of carbonyl (C=O) groups excluding carboxylic acids is 1. The summed E-state index contributed by atoms with van der Waals surface area (Å²) in [6, 6.07) is 7.22. The van der Waals surface area contributed by atoms with E-state index in [0.29, 0.717) is 18.8 Å². The molecule has 1 aliphatic heterocycles. The normalized spacial score (nSPS) is 20.7. The number of likely N-dealkylation sites (tertiary alicyclic amines) is 1. The van der Waals surface area contributed by atoms with Crippen molar-refractivity contribution in [1.82, 2.24) is 14.9 Å². The molecule has 1 N–H and O–H groups in total. The van der Waals surface area contributed by atoms with Crippen LogP contribution in [0.15, 0.2) is 30.5 Å². The van der Waals surface area contributed by atoms with E-state index in [0.717, 1.165) is 11.0 Å². The van der Waals surface area contributed by atoms with Gasteiger partial charge in [0.2, 0.25) is 5.88 Å². The molecule has 1 aromatic heterocycles. The first kappa shape index (κ1) is 17.4. The summed E-state index contributed by atoms with van der Waals surface area (Å²) >= 11 is 0. The van der Waals surface area contributed by atoms with E-state index in [1.165, 1.54) is 4.90 Å². The lowest BCUT2D eigenvalue weighted by molar-refractivity contribution is 0.0165. The van der Waals surface area contributed by atoms with Gasteiger partial charge in [0, 0.05) is 6.42 Å². The fraction of sp³-hybridized carbons (Fsp3) is 0.500. The number of hydrogen-bond donors (Lipinski definition) is 1. The first-order valence-corrected chi connectivity index (χ1v) is 8.34. The maximum atomic E-state index is 12.3. The number of aliphatic hydroxyl groups excluding tert-OH is 1. The van der Waals surface area contributed by atoms with Gasteiger partial charge in [0.05, 0.1) is 36.4 Å². The van der Waals surface area contributed by atoms with Gasteiger partial charge in [0.1, 0.15) is 11.7 Å². The summed E-state index contributed by atoms with van der Waals surface area (Å²) in [5.41, 5.74) is 0.963. The number of para-hydroxylation sites is 2. The first-order valence-electron chi connectivity index (χ1n) is 8.34. The van der Waals surface area contributed by atoms with Gasteiger partial charge in [0.15, 0.2) is 0 Å². The van der Waals surface area contributed by atoms with Gasteiger partial charge < -0.3 is 14.6 Å². The maximum absolute atomic E-state index is 12.3. The lowest BCUT2D eigenvalue weighted by Crippen LogP contribution is -2.41. The molecule has 2 heterocycles. The Balaban J connectivity index is 1.69. The number of rotatable bonds is 3. The van der Waals surface area contributed by atoms with E-state index in [4.69, 9.17) is 9.47 Å². The molecule has 0 spiro atoms. The van der Waals surface area contributed by atoms with Gasteiger partial charge in [0.25, 0.3) is 0 Å². The highest BCUT2D eigenvalue weighted by Crippen LogP contribution is 2.24. The van der Waals surface area contributed by atoms with Crippen molar-refractivity contribution in [2.45, 2.75) is 44.9 Å². The Kier molecular flexibility index (Phi) is 4.76. The highest BCUT2D eigenvalue weighted by atomic mass is 16.6. The molecule has 2 unspecified atom stereocenters. The third-order valence-electron chi connectivity index (χ3n) is 3.93. The van der Waals surface area contributed by atoms with Crippen molar-refractivity contribution in [2.24, 2.45) is 0 Å². The minimum absolute atomic E-state index is 0.136. The fourth-order valence-corrected chi connectivity index (χ4v) is 2.84. The number of aliphatic hydroxyl groups is 1. The number of aromatic nitrogens is 2. The number of ether oxygens (including phenoxy) is 2. The fourth-order valence-electron chi connectivity index (χ4n) is 2.84. The van der Waals surface area contributed by atoms with Crippen molar-refractivity contribution < 1.29 is 19.4 Å². The molecular weight excluding hydrogens is 322 g/mol. The van der Waals surface area contributed by atoms with Gasteiger partial charge in [-0.2, -0.15) is 0 Å².